The number of aliphatic hydroxyl groups is 1. The smallest absolute Gasteiger partial charge is 0.374 e. The molecule has 24 heavy (non-hydrogen) atoms. The molecule has 1 fully saturated rings. The Kier molecular flexibility index (Phi) is 5.42. The van der Waals surface area contributed by atoms with Crippen molar-refractivity contribution in [2.45, 2.75) is 50.4 Å². The zero-order valence-electron chi connectivity index (χ0n) is 13.7. The minimum atomic E-state index is -4.90. The van der Waals surface area contributed by atoms with E-state index < -0.39 is 30.1 Å². The molecule has 3 N–H and O–H groups in total. The predicted octanol–water partition coefficient (Wildman–Crippen LogP) is 2.05. The molecule has 1 heterocycles. The van der Waals surface area contributed by atoms with Crippen molar-refractivity contribution in [3.63, 3.8) is 0 Å². The maximum Gasteiger partial charge on any atom is 0.424 e. The van der Waals surface area contributed by atoms with E-state index in [-0.39, 0.29) is 12.6 Å². The lowest BCUT2D eigenvalue weighted by atomic mass is 9.97. The Bertz CT molecular complexity index is 575. The Labute approximate surface area is 138 Å². The molecule has 9 heteroatoms. The molecule has 0 bridgehead atoms. The number of carbonyl (C=O) groups excluding carboxylic acids is 1. The number of imidazole rings is 1. The molecule has 136 valence electrons. The van der Waals surface area contributed by atoms with Crippen LogP contribution in [0.5, 0.6) is 0 Å². The Morgan fingerprint density at radius 1 is 1.46 bits per heavy atom. The third-order valence-electron chi connectivity index (χ3n) is 4.61. The highest BCUT2D eigenvalue weighted by Crippen LogP contribution is 2.40. The molecule has 1 saturated carbocycles. The summed E-state index contributed by atoms with van der Waals surface area (Å²) in [5, 5.41) is 15.3. The topological polar surface area (TPSA) is 79.2 Å². The number of nitrogens with one attached hydrogen (secondary N) is 2. The number of alkyl halides is 3. The van der Waals surface area contributed by atoms with Gasteiger partial charge in [0, 0.05) is 38.4 Å². The Hall–Kier alpha value is -1.77. The van der Waals surface area contributed by atoms with Crippen molar-refractivity contribution in [2.24, 2.45) is 13.0 Å². The lowest BCUT2D eigenvalue weighted by molar-refractivity contribution is -0.272. The number of aromatic nitrogens is 2. The second kappa shape index (κ2) is 7.00. The number of amides is 2. The van der Waals surface area contributed by atoms with Gasteiger partial charge in [-0.3, -0.25) is 0 Å². The van der Waals surface area contributed by atoms with Gasteiger partial charge in [-0.1, -0.05) is 13.3 Å². The number of halogens is 3. The number of carbonyl (C=O) groups is 1. The summed E-state index contributed by atoms with van der Waals surface area (Å²) in [6.07, 6.45) is -0.175. The molecule has 0 aliphatic heterocycles. The fourth-order valence-electron chi connectivity index (χ4n) is 3.08. The molecule has 0 aromatic carbocycles. The number of hydrogen-bond acceptors (Lipinski definition) is 3. The van der Waals surface area contributed by atoms with Crippen LogP contribution in [0.1, 0.15) is 38.4 Å². The van der Waals surface area contributed by atoms with Crippen molar-refractivity contribution in [1.29, 1.82) is 0 Å². The third-order valence-corrected chi connectivity index (χ3v) is 4.61. The molecule has 3 unspecified atom stereocenters. The van der Waals surface area contributed by atoms with Crippen molar-refractivity contribution in [3.05, 3.63) is 18.2 Å². The number of hydrogen-bond donors (Lipinski definition) is 3. The Morgan fingerprint density at radius 3 is 2.67 bits per heavy atom. The van der Waals surface area contributed by atoms with Crippen LogP contribution in [-0.4, -0.2) is 39.5 Å². The summed E-state index contributed by atoms with van der Waals surface area (Å²) < 4.78 is 41.1. The van der Waals surface area contributed by atoms with Gasteiger partial charge in [0.15, 0.2) is 0 Å². The summed E-state index contributed by atoms with van der Waals surface area (Å²) >= 11 is 0. The summed E-state index contributed by atoms with van der Waals surface area (Å²) in [6, 6.07) is -0.473. The maximum atomic E-state index is 13.3. The first-order valence-corrected chi connectivity index (χ1v) is 7.96. The van der Waals surface area contributed by atoms with E-state index in [1.807, 2.05) is 6.92 Å². The molecule has 2 amide bonds. The van der Waals surface area contributed by atoms with Crippen LogP contribution in [0, 0.1) is 5.92 Å². The van der Waals surface area contributed by atoms with Crippen LogP contribution in [0.15, 0.2) is 12.4 Å². The Balaban J connectivity index is 1.94. The second-order valence-corrected chi connectivity index (χ2v) is 6.38. The van der Waals surface area contributed by atoms with Gasteiger partial charge in [-0.15, -0.1) is 0 Å². The first-order chi connectivity index (χ1) is 11.1. The molecule has 3 atom stereocenters. The van der Waals surface area contributed by atoms with Crippen LogP contribution >= 0.6 is 0 Å². The van der Waals surface area contributed by atoms with Gasteiger partial charge in [0.2, 0.25) is 5.60 Å². The van der Waals surface area contributed by atoms with Crippen molar-refractivity contribution >= 4 is 6.03 Å². The fourth-order valence-corrected chi connectivity index (χ4v) is 3.08. The van der Waals surface area contributed by atoms with Crippen molar-refractivity contribution < 1.29 is 23.1 Å². The van der Waals surface area contributed by atoms with E-state index in [0.717, 1.165) is 23.8 Å². The molecule has 0 radical (unpaired) electrons. The van der Waals surface area contributed by atoms with Gasteiger partial charge in [0.05, 0.1) is 0 Å². The molecule has 1 aliphatic rings. The molecule has 1 aromatic heterocycles. The molecule has 1 aliphatic carbocycles. The van der Waals surface area contributed by atoms with Gasteiger partial charge >= 0.3 is 12.2 Å². The van der Waals surface area contributed by atoms with Crippen LogP contribution < -0.4 is 10.6 Å². The van der Waals surface area contributed by atoms with Crippen molar-refractivity contribution in [3.8, 4) is 0 Å². The third kappa shape index (κ3) is 3.82. The zero-order valence-corrected chi connectivity index (χ0v) is 13.7. The minimum absolute atomic E-state index is 0.0426. The average molecular weight is 348 g/mol. The molecule has 1 aromatic rings. The maximum absolute atomic E-state index is 13.3. The van der Waals surface area contributed by atoms with E-state index in [2.05, 4.69) is 15.6 Å². The predicted molar refractivity (Wildman–Crippen MR) is 81.1 cm³/mol. The minimum Gasteiger partial charge on any atom is -0.374 e. The van der Waals surface area contributed by atoms with Crippen molar-refractivity contribution in [2.75, 3.05) is 6.54 Å². The largest absolute Gasteiger partial charge is 0.424 e. The zero-order chi connectivity index (χ0) is 18.0. The van der Waals surface area contributed by atoms with E-state index in [1.54, 1.807) is 0 Å². The van der Waals surface area contributed by atoms with Crippen LogP contribution in [0.2, 0.25) is 0 Å². The average Bonchev–Trinajstić information content (AvgIpc) is 3.07. The quantitative estimate of drug-likeness (QED) is 0.762. The van der Waals surface area contributed by atoms with Gasteiger partial charge in [0.1, 0.15) is 5.82 Å². The lowest BCUT2D eigenvalue weighted by Gasteiger charge is -2.30. The normalized spacial score (nSPS) is 23.8. The van der Waals surface area contributed by atoms with Gasteiger partial charge in [-0.05, 0) is 18.8 Å². The van der Waals surface area contributed by atoms with Gasteiger partial charge in [-0.2, -0.15) is 13.2 Å². The fraction of sp³-hybridized carbons (Fsp3) is 0.733. The summed E-state index contributed by atoms with van der Waals surface area (Å²) in [5.41, 5.74) is -3.11. The van der Waals surface area contributed by atoms with Crippen LogP contribution in [-0.2, 0) is 12.6 Å². The molecule has 0 spiro atoms. The van der Waals surface area contributed by atoms with E-state index in [4.69, 9.17) is 0 Å². The highest BCUT2D eigenvalue weighted by molar-refractivity contribution is 5.74. The van der Waals surface area contributed by atoms with E-state index in [1.165, 1.54) is 19.4 Å². The van der Waals surface area contributed by atoms with Gasteiger partial charge in [0.25, 0.3) is 0 Å². The summed E-state index contributed by atoms with van der Waals surface area (Å²) in [5.74, 6) is -0.142. The number of nitrogens with zero attached hydrogens (tertiary/aromatic N) is 2. The number of urea groups is 1. The molecular weight excluding hydrogens is 325 g/mol. The summed E-state index contributed by atoms with van der Waals surface area (Å²) in [4.78, 5) is 15.4. The second-order valence-electron chi connectivity index (χ2n) is 6.38. The number of rotatable bonds is 5. The van der Waals surface area contributed by atoms with E-state index >= 15 is 0 Å². The van der Waals surface area contributed by atoms with Gasteiger partial charge in [-0.25, -0.2) is 9.78 Å². The summed E-state index contributed by atoms with van der Waals surface area (Å²) in [7, 11) is 1.38. The summed E-state index contributed by atoms with van der Waals surface area (Å²) in [6.45, 7) is 1.71. The highest BCUT2D eigenvalue weighted by Gasteiger charge is 2.57. The lowest BCUT2D eigenvalue weighted by Crippen LogP contribution is -2.48. The highest BCUT2D eigenvalue weighted by atomic mass is 19.4. The molecule has 2 rings (SSSR count). The molecular formula is C15H23F3N4O2. The van der Waals surface area contributed by atoms with Crippen LogP contribution in [0.3, 0.4) is 0 Å². The van der Waals surface area contributed by atoms with Crippen LogP contribution in [0.25, 0.3) is 0 Å². The Morgan fingerprint density at radius 2 is 2.17 bits per heavy atom. The first-order valence-electron chi connectivity index (χ1n) is 7.96. The standard InChI is InChI=1S/C15H23F3N4O2/c1-10-4-3-5-11(10)21-13(23)20-7-6-14(24,15(16,17)18)12-19-8-9-22(12)2/h8-11,24H,3-7H2,1-2H3,(H2,20,21,23). The number of aryl methyl sites for hydroxylation is 1. The SMILES string of the molecule is CC1CCCC1NC(=O)NCCC(O)(c1nccn1C)C(F)(F)F. The van der Waals surface area contributed by atoms with Crippen molar-refractivity contribution in [1.82, 2.24) is 20.2 Å². The van der Waals surface area contributed by atoms with Crippen LogP contribution in [0.4, 0.5) is 18.0 Å². The van der Waals surface area contributed by atoms with E-state index in [9.17, 15) is 23.1 Å². The van der Waals surface area contributed by atoms with Gasteiger partial charge < -0.3 is 20.3 Å². The monoisotopic (exact) mass is 348 g/mol. The molecule has 6 nitrogen and oxygen atoms in total. The molecule has 0 saturated heterocycles. The van der Waals surface area contributed by atoms with E-state index in [0.29, 0.717) is 5.92 Å². The first kappa shape index (κ1) is 18.6.